The van der Waals surface area contributed by atoms with Crippen LogP contribution in [-0.2, 0) is 16.1 Å². The first-order valence-electron chi connectivity index (χ1n) is 11.2. The number of carbonyl (C=O) groups excluding carboxylic acids is 3. The van der Waals surface area contributed by atoms with E-state index in [9.17, 15) is 14.4 Å². The zero-order valence-electron chi connectivity index (χ0n) is 19.7. The first kappa shape index (κ1) is 24.5. The Labute approximate surface area is 200 Å². The fourth-order valence-corrected chi connectivity index (χ4v) is 3.28. The average molecular weight is 459 g/mol. The summed E-state index contributed by atoms with van der Waals surface area (Å²) >= 11 is 0. The van der Waals surface area contributed by atoms with Crippen molar-refractivity contribution in [3.05, 3.63) is 89.0 Å². The minimum Gasteiger partial charge on any atom is -0.376 e. The van der Waals surface area contributed by atoms with Crippen molar-refractivity contribution in [1.82, 2.24) is 5.32 Å². The zero-order valence-corrected chi connectivity index (χ0v) is 19.7. The normalized spacial score (nSPS) is 10.3. The molecule has 4 N–H and O–H groups in total. The molecule has 0 aromatic heterocycles. The van der Waals surface area contributed by atoms with E-state index in [1.54, 1.807) is 37.3 Å². The standard InChI is InChI=1S/C27H30N4O3/c1-4-25(32)30-21-14-11-19(3)24(15-21)28-17-26(33)31-23-8-6-5-7-22(23)27(34)29-16-20-12-9-18(2)10-13-20/h5-15,28H,4,16-17H2,1-3H3,(H,29,34)(H,30,32)(H,31,33). The highest BCUT2D eigenvalue weighted by Crippen LogP contribution is 2.21. The number of para-hydroxylation sites is 1. The Kier molecular flexibility index (Phi) is 8.40. The van der Waals surface area contributed by atoms with E-state index >= 15 is 0 Å². The Bertz CT molecular complexity index is 1170. The molecule has 0 radical (unpaired) electrons. The van der Waals surface area contributed by atoms with E-state index in [1.807, 2.05) is 50.2 Å². The molecule has 176 valence electrons. The number of aryl methyl sites for hydroxylation is 2. The quantitative estimate of drug-likeness (QED) is 0.376. The van der Waals surface area contributed by atoms with Gasteiger partial charge in [0.25, 0.3) is 5.91 Å². The Balaban J connectivity index is 1.60. The molecule has 3 aromatic rings. The zero-order chi connectivity index (χ0) is 24.5. The molecule has 0 saturated heterocycles. The molecule has 7 nitrogen and oxygen atoms in total. The predicted octanol–water partition coefficient (Wildman–Crippen LogP) is 4.63. The summed E-state index contributed by atoms with van der Waals surface area (Å²) in [5, 5.41) is 11.6. The van der Waals surface area contributed by atoms with Crippen LogP contribution >= 0.6 is 0 Å². The molecule has 0 aliphatic rings. The predicted molar refractivity (Wildman–Crippen MR) is 136 cm³/mol. The second-order valence-corrected chi connectivity index (χ2v) is 8.05. The van der Waals surface area contributed by atoms with E-state index in [0.717, 1.165) is 22.4 Å². The van der Waals surface area contributed by atoms with Gasteiger partial charge in [0, 0.05) is 24.3 Å². The Morgan fingerprint density at radius 1 is 0.794 bits per heavy atom. The van der Waals surface area contributed by atoms with Crippen molar-refractivity contribution < 1.29 is 14.4 Å². The molecule has 34 heavy (non-hydrogen) atoms. The van der Waals surface area contributed by atoms with Gasteiger partial charge in [0.1, 0.15) is 0 Å². The molecular weight excluding hydrogens is 428 g/mol. The molecule has 0 bridgehead atoms. The second kappa shape index (κ2) is 11.7. The van der Waals surface area contributed by atoms with Crippen LogP contribution in [0.15, 0.2) is 66.7 Å². The largest absolute Gasteiger partial charge is 0.376 e. The molecule has 0 atom stereocenters. The van der Waals surface area contributed by atoms with Crippen LogP contribution in [0.25, 0.3) is 0 Å². The fraction of sp³-hybridized carbons (Fsp3) is 0.222. The maximum absolute atomic E-state index is 12.7. The first-order chi connectivity index (χ1) is 16.4. The summed E-state index contributed by atoms with van der Waals surface area (Å²) in [6, 6.07) is 20.3. The van der Waals surface area contributed by atoms with Crippen LogP contribution in [-0.4, -0.2) is 24.3 Å². The molecule has 0 saturated carbocycles. The number of anilines is 3. The second-order valence-electron chi connectivity index (χ2n) is 8.05. The summed E-state index contributed by atoms with van der Waals surface area (Å²) in [6.45, 7) is 6.11. The van der Waals surface area contributed by atoms with Crippen molar-refractivity contribution in [1.29, 1.82) is 0 Å². The summed E-state index contributed by atoms with van der Waals surface area (Å²) in [5.74, 6) is -0.634. The lowest BCUT2D eigenvalue weighted by Crippen LogP contribution is -2.27. The van der Waals surface area contributed by atoms with Crippen molar-refractivity contribution in [3.63, 3.8) is 0 Å². The van der Waals surface area contributed by atoms with Gasteiger partial charge in [-0.15, -0.1) is 0 Å². The smallest absolute Gasteiger partial charge is 0.253 e. The van der Waals surface area contributed by atoms with Gasteiger partial charge in [-0.25, -0.2) is 0 Å². The van der Waals surface area contributed by atoms with Gasteiger partial charge >= 0.3 is 0 Å². The van der Waals surface area contributed by atoms with E-state index in [2.05, 4.69) is 21.3 Å². The van der Waals surface area contributed by atoms with Gasteiger partial charge in [-0.3, -0.25) is 14.4 Å². The van der Waals surface area contributed by atoms with Gasteiger partial charge in [0.15, 0.2) is 0 Å². The van der Waals surface area contributed by atoms with Crippen LogP contribution in [0.1, 0.15) is 40.4 Å². The number of amides is 3. The van der Waals surface area contributed by atoms with E-state index in [0.29, 0.717) is 29.9 Å². The summed E-state index contributed by atoms with van der Waals surface area (Å²) in [5.41, 5.74) is 5.34. The first-order valence-corrected chi connectivity index (χ1v) is 11.2. The molecular formula is C27H30N4O3. The molecule has 7 heteroatoms. The minimum atomic E-state index is -0.291. The third-order valence-electron chi connectivity index (χ3n) is 5.30. The van der Waals surface area contributed by atoms with E-state index in [4.69, 9.17) is 0 Å². The molecule has 3 rings (SSSR count). The van der Waals surface area contributed by atoms with Crippen molar-refractivity contribution in [2.24, 2.45) is 0 Å². The lowest BCUT2D eigenvalue weighted by molar-refractivity contribution is -0.116. The number of benzene rings is 3. The van der Waals surface area contributed by atoms with Crippen LogP contribution in [0.2, 0.25) is 0 Å². The Morgan fingerprint density at radius 2 is 1.53 bits per heavy atom. The number of hydrogen-bond donors (Lipinski definition) is 4. The van der Waals surface area contributed by atoms with Crippen LogP contribution in [0.4, 0.5) is 17.1 Å². The molecule has 0 spiro atoms. The molecule has 0 aliphatic heterocycles. The lowest BCUT2D eigenvalue weighted by Gasteiger charge is -2.14. The van der Waals surface area contributed by atoms with E-state index in [1.165, 1.54) is 0 Å². The van der Waals surface area contributed by atoms with Crippen molar-refractivity contribution in [3.8, 4) is 0 Å². The molecule has 0 heterocycles. The van der Waals surface area contributed by atoms with Gasteiger partial charge in [-0.05, 0) is 49.2 Å². The van der Waals surface area contributed by atoms with Gasteiger partial charge < -0.3 is 21.3 Å². The SMILES string of the molecule is CCC(=O)Nc1ccc(C)c(NCC(=O)Nc2ccccc2C(=O)NCc2ccc(C)cc2)c1. The Morgan fingerprint density at radius 3 is 2.26 bits per heavy atom. The summed E-state index contributed by atoms with van der Waals surface area (Å²) in [6.07, 6.45) is 0.386. The topological polar surface area (TPSA) is 99.3 Å². The lowest BCUT2D eigenvalue weighted by atomic mass is 10.1. The molecule has 0 aliphatic carbocycles. The number of rotatable bonds is 9. The summed E-state index contributed by atoms with van der Waals surface area (Å²) < 4.78 is 0. The van der Waals surface area contributed by atoms with Gasteiger partial charge in [0.05, 0.1) is 17.8 Å². The van der Waals surface area contributed by atoms with E-state index < -0.39 is 0 Å². The van der Waals surface area contributed by atoms with Crippen LogP contribution in [0.3, 0.4) is 0 Å². The highest BCUT2D eigenvalue weighted by atomic mass is 16.2. The highest BCUT2D eigenvalue weighted by molar-refractivity contribution is 6.04. The summed E-state index contributed by atoms with van der Waals surface area (Å²) in [4.78, 5) is 37.0. The van der Waals surface area contributed by atoms with Crippen molar-refractivity contribution >= 4 is 34.8 Å². The molecule has 0 unspecified atom stereocenters. The van der Waals surface area contributed by atoms with Crippen molar-refractivity contribution in [2.75, 3.05) is 22.5 Å². The van der Waals surface area contributed by atoms with Gasteiger partial charge in [0.2, 0.25) is 11.8 Å². The fourth-order valence-electron chi connectivity index (χ4n) is 3.28. The minimum absolute atomic E-state index is 0.00529. The van der Waals surface area contributed by atoms with E-state index in [-0.39, 0.29) is 24.3 Å². The maximum Gasteiger partial charge on any atom is 0.253 e. The average Bonchev–Trinajstić information content (AvgIpc) is 2.84. The van der Waals surface area contributed by atoms with Crippen LogP contribution in [0, 0.1) is 13.8 Å². The number of carbonyl (C=O) groups is 3. The number of hydrogen-bond acceptors (Lipinski definition) is 4. The highest BCUT2D eigenvalue weighted by Gasteiger charge is 2.13. The Hall–Kier alpha value is -4.13. The number of nitrogens with one attached hydrogen (secondary N) is 4. The van der Waals surface area contributed by atoms with Crippen LogP contribution < -0.4 is 21.3 Å². The monoisotopic (exact) mass is 458 g/mol. The third kappa shape index (κ3) is 6.93. The molecule has 0 fully saturated rings. The summed E-state index contributed by atoms with van der Waals surface area (Å²) in [7, 11) is 0. The molecule has 3 aromatic carbocycles. The maximum atomic E-state index is 12.7. The van der Waals surface area contributed by atoms with Crippen molar-refractivity contribution in [2.45, 2.75) is 33.7 Å². The van der Waals surface area contributed by atoms with Crippen LogP contribution in [0.5, 0.6) is 0 Å². The van der Waals surface area contributed by atoms with Gasteiger partial charge in [-0.2, -0.15) is 0 Å². The van der Waals surface area contributed by atoms with Gasteiger partial charge in [-0.1, -0.05) is 55.0 Å². The third-order valence-corrected chi connectivity index (χ3v) is 5.30. The molecule has 3 amide bonds.